The van der Waals surface area contributed by atoms with Crippen LogP contribution in [0, 0.1) is 29.6 Å². The van der Waals surface area contributed by atoms with E-state index in [0.29, 0.717) is 134 Å². The first-order valence-corrected chi connectivity index (χ1v) is 39.6. The number of nitrogens with zero attached hydrogens (tertiary/aromatic N) is 1. The highest BCUT2D eigenvalue weighted by Crippen LogP contribution is 2.40. The van der Waals surface area contributed by atoms with Crippen molar-refractivity contribution in [2.75, 3.05) is 70.6 Å². The van der Waals surface area contributed by atoms with Crippen LogP contribution in [0.5, 0.6) is 0 Å². The smallest absolute Gasteiger partial charge is 0.305 e. The third kappa shape index (κ3) is 24.3. The zero-order valence-electron chi connectivity index (χ0n) is 58.9. The van der Waals surface area contributed by atoms with Crippen LogP contribution in [-0.2, 0) is 69.0 Å². The Morgan fingerprint density at radius 3 is 1.83 bits per heavy atom. The van der Waals surface area contributed by atoms with Gasteiger partial charge in [0.1, 0.15) is 60.7 Å². The molecule has 8 aliphatic rings. The Balaban J connectivity index is 1.02. The van der Waals surface area contributed by atoms with Crippen molar-refractivity contribution in [2.24, 2.45) is 46.8 Å². The van der Waals surface area contributed by atoms with E-state index in [-0.39, 0.29) is 112 Å². The molecule has 17 atom stereocenters. The summed E-state index contributed by atoms with van der Waals surface area (Å²) in [4.78, 5) is 159. The quantitative estimate of drug-likeness (QED) is 0.0801. The van der Waals surface area contributed by atoms with Gasteiger partial charge >= 0.3 is 5.97 Å². The number of aliphatic carboxylic acids is 1. The number of carbonyl (C=O) groups is 11. The molecule has 5 aliphatic heterocycles. The topological polar surface area (TPSA) is 443 Å². The minimum atomic E-state index is -1.90. The van der Waals surface area contributed by atoms with E-state index in [2.05, 4.69) is 63.8 Å². The largest absolute Gasteiger partial charge is 0.481 e. The Morgan fingerprint density at radius 1 is 0.612 bits per heavy atom. The maximum Gasteiger partial charge on any atom is 0.305 e. The fourth-order valence-electron chi connectivity index (χ4n) is 16.3. The van der Waals surface area contributed by atoms with Crippen LogP contribution in [0.1, 0.15) is 146 Å². The van der Waals surface area contributed by atoms with Gasteiger partial charge in [-0.1, -0.05) is 24.3 Å². The molecule has 19 N–H and O–H groups in total. The summed E-state index contributed by atoms with van der Waals surface area (Å²) < 4.78 is 36.5. The van der Waals surface area contributed by atoms with Gasteiger partial charge in [-0.2, -0.15) is 23.5 Å². The highest BCUT2D eigenvalue weighted by atomic mass is 32.2. The number of fused-ring (bicyclic) bond motifs is 5. The molecule has 33 heteroatoms. The van der Waals surface area contributed by atoms with Gasteiger partial charge in [0.05, 0.1) is 25.7 Å². The molecular formula is C70H110F2N16O13S2. The number of primary amides is 1. The number of thioether (sulfide) groups is 2. The van der Waals surface area contributed by atoms with E-state index >= 15 is 28.0 Å². The normalized spacial score (nSPS) is 34.2. The number of unbranched alkanes of at least 4 members (excludes halogenated alkanes) is 1. The number of alkyl halides is 2. The predicted octanol–water partition coefficient (Wildman–Crippen LogP) is -0.788. The van der Waals surface area contributed by atoms with Crippen molar-refractivity contribution in [2.45, 2.75) is 231 Å². The van der Waals surface area contributed by atoms with E-state index in [4.69, 9.17) is 21.9 Å². The molecule has 5 heterocycles. The molecule has 4 saturated heterocycles. The lowest BCUT2D eigenvalue weighted by molar-refractivity contribution is -0.143. The second-order valence-corrected chi connectivity index (χ2v) is 31.5. The maximum absolute atomic E-state index is 15.3. The lowest BCUT2D eigenvalue weighted by Crippen LogP contribution is -2.61. The first kappa shape index (κ1) is 80.8. The Bertz CT molecular complexity index is 3070. The lowest BCUT2D eigenvalue weighted by atomic mass is 9.76. The number of rotatable bonds is 18. The standard InChI is InChI=1S/C70H110F2N16O13S2/c71-44-11-15-50-48(27-44)42(31-77-50)25-53-65(95)83-54(26-43-32-78-51-16-12-45(72)28-49(43)51)66(96)85-56(30-62(91)92)68(98)84-55(29-46-33-76-38-80-46)67(97)86-57(24-39-9-13-47(14-10-39)101-21-19-74)70(100)88-20-4-8-59(88)69(99)87-58(63(75)93)37-103-36-41-6-3-5-40(23-41)35-102-22-17-60(89)81-52(7-1-2-18-73)64(94)79-34-61(90)82-53/h3,5-6,23,39,42-59,76-78,80H,1-2,4,7-22,24-38,73-74H2,(H2,75,93)(H,79,94)(H,81,89)(H,82,90)(H,83,95)(H,84,98)(H,85,96)(H,86,97)(H,87,99)(H,91,92)/t39?,42?,43?,44?,45?,46?,47?,48?,49?,50?,51?,52-,53-,54-,55-,56-,57-,58-,59-/m0/s1. The summed E-state index contributed by atoms with van der Waals surface area (Å²) in [5.41, 5.74) is 19.4. The summed E-state index contributed by atoms with van der Waals surface area (Å²) in [5, 5.41) is 45.8. The van der Waals surface area contributed by atoms with Crippen LogP contribution in [0.2, 0.25) is 0 Å². The van der Waals surface area contributed by atoms with Crippen LogP contribution in [-0.4, -0.2) is 231 Å². The lowest BCUT2D eigenvalue weighted by Gasteiger charge is -2.34. The van der Waals surface area contributed by atoms with Crippen LogP contribution in [0.4, 0.5) is 8.78 Å². The summed E-state index contributed by atoms with van der Waals surface area (Å²) in [5.74, 6) is -9.09. The number of nitrogens with two attached hydrogens (primary N) is 3. The summed E-state index contributed by atoms with van der Waals surface area (Å²) in [6.07, 6.45) is 3.11. The van der Waals surface area contributed by atoms with Gasteiger partial charge in [0.2, 0.25) is 59.1 Å². The molecule has 10 amide bonds. The zero-order valence-corrected chi connectivity index (χ0v) is 60.6. The van der Waals surface area contributed by atoms with Crippen molar-refractivity contribution in [1.82, 2.24) is 68.7 Å². The number of ether oxygens (including phenoxy) is 1. The Hall–Kier alpha value is -6.33. The minimum Gasteiger partial charge on any atom is -0.481 e. The minimum absolute atomic E-state index is 0.0395. The van der Waals surface area contributed by atoms with Gasteiger partial charge in [0, 0.05) is 73.9 Å². The highest BCUT2D eigenvalue weighted by molar-refractivity contribution is 7.98. The molecule has 9 unspecified atom stereocenters. The second kappa shape index (κ2) is 40.4. The van der Waals surface area contributed by atoms with Crippen molar-refractivity contribution in [3.8, 4) is 0 Å². The third-order valence-corrected chi connectivity index (χ3v) is 24.0. The first-order chi connectivity index (χ1) is 49.6. The van der Waals surface area contributed by atoms with Crippen molar-refractivity contribution in [3.63, 3.8) is 0 Å². The van der Waals surface area contributed by atoms with Crippen LogP contribution in [0.3, 0.4) is 0 Å². The molecule has 2 bridgehead atoms. The monoisotopic (exact) mass is 1480 g/mol. The van der Waals surface area contributed by atoms with Crippen molar-refractivity contribution < 1.29 is 71.4 Å². The highest BCUT2D eigenvalue weighted by Gasteiger charge is 2.47. The number of carboxylic acids is 1. The van der Waals surface area contributed by atoms with Crippen LogP contribution >= 0.6 is 23.5 Å². The molecule has 7 fully saturated rings. The van der Waals surface area contributed by atoms with E-state index in [1.54, 1.807) is 0 Å². The van der Waals surface area contributed by atoms with Crippen LogP contribution in [0.25, 0.3) is 0 Å². The van der Waals surface area contributed by atoms with Crippen LogP contribution < -0.4 is 81.0 Å². The fraction of sp³-hybridized carbons (Fsp3) is 0.757. The maximum atomic E-state index is 15.3. The molecule has 9 rings (SSSR count). The van der Waals surface area contributed by atoms with E-state index in [1.165, 1.54) is 28.4 Å². The predicted molar refractivity (Wildman–Crippen MR) is 383 cm³/mol. The Labute approximate surface area is 609 Å². The molecular weight excluding hydrogens is 1370 g/mol. The molecule has 574 valence electrons. The van der Waals surface area contributed by atoms with E-state index in [9.17, 15) is 38.7 Å². The van der Waals surface area contributed by atoms with Gasteiger partial charge in [-0.05, 0) is 182 Å². The molecule has 0 spiro atoms. The molecule has 1 aromatic carbocycles. The van der Waals surface area contributed by atoms with Gasteiger partial charge in [-0.15, -0.1) is 0 Å². The number of carbonyl (C=O) groups excluding carboxylic acids is 10. The van der Waals surface area contributed by atoms with E-state index < -0.39 is 151 Å². The summed E-state index contributed by atoms with van der Waals surface area (Å²) in [7, 11) is 0. The van der Waals surface area contributed by atoms with Crippen molar-refractivity contribution in [1.29, 1.82) is 0 Å². The number of hydrogen-bond donors (Lipinski definition) is 16. The number of carboxylic acid groups (broad SMARTS) is 1. The average molecular weight is 1490 g/mol. The van der Waals surface area contributed by atoms with E-state index in [1.807, 2.05) is 24.3 Å². The third-order valence-electron chi connectivity index (χ3n) is 21.9. The SMILES string of the molecule is NCCCC[C@@H]1NC(=O)CCSCc2cccc(c2)CSC[C@@H](C(N)=O)NC(=O)[C@@H]2CCCN2C(=O)[C@H](CC2CCC(OCCN)CC2)NC(=O)[C@H](CC2CNCN2)NC(=O)[C@H](CC(=O)O)NC(=O)[C@H](CC2CNC3CCC(F)CC23)NC(=O)[C@H](CC2CNC3CCC(F)CC23)NC(=O)CNC1=O. The van der Waals surface area contributed by atoms with Gasteiger partial charge in [0.25, 0.3) is 0 Å². The van der Waals surface area contributed by atoms with Gasteiger partial charge in [-0.3, -0.25) is 52.7 Å². The Morgan fingerprint density at radius 2 is 1.21 bits per heavy atom. The summed E-state index contributed by atoms with van der Waals surface area (Å²) in [6, 6.07) is -3.68. The molecule has 29 nitrogen and oxygen atoms in total. The second-order valence-electron chi connectivity index (χ2n) is 29.4. The number of halogens is 2. The van der Waals surface area contributed by atoms with Crippen molar-refractivity contribution in [3.05, 3.63) is 35.4 Å². The number of nitrogens with one attached hydrogen (secondary N) is 12. The Kier molecular flexibility index (Phi) is 31.7. The molecule has 3 saturated carbocycles. The first-order valence-electron chi connectivity index (χ1n) is 37.3. The fourth-order valence-corrected chi connectivity index (χ4v) is 18.3. The number of hydrogen-bond acceptors (Lipinski definition) is 20. The summed E-state index contributed by atoms with van der Waals surface area (Å²) >= 11 is 2.87. The van der Waals surface area contributed by atoms with Gasteiger partial charge in [-0.25, -0.2) is 8.78 Å². The molecule has 1 aromatic rings. The molecule has 103 heavy (non-hydrogen) atoms. The number of amides is 10. The molecule has 3 aliphatic carbocycles. The summed E-state index contributed by atoms with van der Waals surface area (Å²) in [6.45, 7) is 1.91. The molecule has 0 aromatic heterocycles. The van der Waals surface area contributed by atoms with Gasteiger partial charge < -0.3 is 95.7 Å². The average Bonchev–Trinajstić information content (AvgIpc) is 1.71. The van der Waals surface area contributed by atoms with Crippen LogP contribution in [0.15, 0.2) is 24.3 Å². The van der Waals surface area contributed by atoms with Crippen molar-refractivity contribution >= 4 is 88.6 Å². The van der Waals surface area contributed by atoms with Gasteiger partial charge in [0.15, 0.2) is 0 Å². The number of benzene rings is 1. The molecule has 0 radical (unpaired) electrons. The zero-order chi connectivity index (χ0) is 73.5. The van der Waals surface area contributed by atoms with E-state index in [0.717, 1.165) is 11.1 Å².